The van der Waals surface area contributed by atoms with Crippen LogP contribution in [0, 0.1) is 5.92 Å². The van der Waals surface area contributed by atoms with Crippen molar-refractivity contribution in [2.45, 2.75) is 52.2 Å². The van der Waals surface area contributed by atoms with Gasteiger partial charge in [0.2, 0.25) is 0 Å². The second-order valence-electron chi connectivity index (χ2n) is 5.69. The van der Waals surface area contributed by atoms with Crippen molar-refractivity contribution in [3.8, 4) is 5.75 Å². The van der Waals surface area contributed by atoms with Gasteiger partial charge in [-0.3, -0.25) is 4.98 Å². The molecule has 1 aliphatic carbocycles. The normalized spacial score (nSPS) is 16.9. The van der Waals surface area contributed by atoms with Gasteiger partial charge in [0.15, 0.2) is 0 Å². The van der Waals surface area contributed by atoms with Gasteiger partial charge >= 0.3 is 0 Å². The lowest BCUT2D eigenvalue weighted by molar-refractivity contribution is 0.241. The molecule has 1 heterocycles. The van der Waals surface area contributed by atoms with Gasteiger partial charge < -0.3 is 10.1 Å². The topological polar surface area (TPSA) is 34.2 Å². The van der Waals surface area contributed by atoms with Crippen LogP contribution in [0.1, 0.15) is 39.2 Å². The van der Waals surface area contributed by atoms with Crippen molar-refractivity contribution >= 4 is 0 Å². The van der Waals surface area contributed by atoms with Gasteiger partial charge in [-0.2, -0.15) is 0 Å². The predicted octanol–water partition coefficient (Wildman–Crippen LogP) is 2.80. The Morgan fingerprint density at radius 3 is 2.78 bits per heavy atom. The number of aromatic nitrogens is 1. The summed E-state index contributed by atoms with van der Waals surface area (Å²) in [6.45, 7) is 7.45. The molecule has 0 saturated heterocycles. The van der Waals surface area contributed by atoms with Crippen molar-refractivity contribution in [1.29, 1.82) is 0 Å². The molecule has 1 aromatic heterocycles. The molecule has 1 atom stereocenters. The minimum absolute atomic E-state index is 0.205. The largest absolute Gasteiger partial charge is 0.489 e. The molecule has 0 amide bonds. The molecule has 0 radical (unpaired) electrons. The highest BCUT2D eigenvalue weighted by molar-refractivity contribution is 5.24. The molecule has 3 nitrogen and oxygen atoms in total. The maximum atomic E-state index is 5.67. The van der Waals surface area contributed by atoms with Crippen molar-refractivity contribution in [3.05, 3.63) is 24.0 Å². The molecule has 1 saturated carbocycles. The minimum atomic E-state index is 0.205. The third-order valence-electron chi connectivity index (χ3n) is 3.06. The van der Waals surface area contributed by atoms with E-state index in [9.17, 15) is 0 Å². The molecule has 3 heteroatoms. The highest BCUT2D eigenvalue weighted by Gasteiger charge is 2.20. The molecule has 1 aliphatic rings. The monoisotopic (exact) mass is 248 g/mol. The lowest BCUT2D eigenvalue weighted by Crippen LogP contribution is -2.24. The van der Waals surface area contributed by atoms with Crippen LogP contribution >= 0.6 is 0 Å². The molecule has 1 fully saturated rings. The molecule has 18 heavy (non-hydrogen) atoms. The maximum absolute atomic E-state index is 5.67. The van der Waals surface area contributed by atoms with Crippen LogP contribution in [0.5, 0.6) is 5.75 Å². The molecule has 0 spiro atoms. The fraction of sp³-hybridized carbons (Fsp3) is 0.667. The van der Waals surface area contributed by atoms with Gasteiger partial charge in [0, 0.05) is 12.2 Å². The van der Waals surface area contributed by atoms with E-state index in [0.29, 0.717) is 5.92 Å². The Labute approximate surface area is 110 Å². The standard InChI is InChI=1S/C15H24N2O/c1-11(2)18-15-7-13(9-16-10-15)6-12(3)8-17-14-4-5-14/h7,9-12,14,17H,4-6,8H2,1-3H3. The van der Waals surface area contributed by atoms with E-state index in [1.54, 1.807) is 6.20 Å². The van der Waals surface area contributed by atoms with Gasteiger partial charge in [0.1, 0.15) is 5.75 Å². The van der Waals surface area contributed by atoms with Gasteiger partial charge in [0.05, 0.1) is 12.3 Å². The van der Waals surface area contributed by atoms with E-state index in [2.05, 4.69) is 23.3 Å². The first kappa shape index (κ1) is 13.3. The lowest BCUT2D eigenvalue weighted by Gasteiger charge is -2.14. The van der Waals surface area contributed by atoms with Crippen LogP contribution in [-0.2, 0) is 6.42 Å². The van der Waals surface area contributed by atoms with Crippen LogP contribution < -0.4 is 10.1 Å². The summed E-state index contributed by atoms with van der Waals surface area (Å²) in [6, 6.07) is 2.90. The fourth-order valence-corrected chi connectivity index (χ4v) is 2.04. The van der Waals surface area contributed by atoms with Crippen LogP contribution in [0.4, 0.5) is 0 Å². The van der Waals surface area contributed by atoms with Crippen LogP contribution in [0.25, 0.3) is 0 Å². The maximum Gasteiger partial charge on any atom is 0.138 e. The zero-order valence-electron chi connectivity index (χ0n) is 11.6. The smallest absolute Gasteiger partial charge is 0.138 e. The summed E-state index contributed by atoms with van der Waals surface area (Å²) in [5.41, 5.74) is 1.26. The number of nitrogens with zero attached hydrogens (tertiary/aromatic N) is 1. The van der Waals surface area contributed by atoms with Crippen LogP contribution in [0.3, 0.4) is 0 Å². The number of rotatable bonds is 7. The molecule has 0 aromatic carbocycles. The van der Waals surface area contributed by atoms with E-state index in [4.69, 9.17) is 4.74 Å². The molecule has 1 unspecified atom stereocenters. The lowest BCUT2D eigenvalue weighted by atomic mass is 10.0. The average Bonchev–Trinajstić information content (AvgIpc) is 3.09. The summed E-state index contributed by atoms with van der Waals surface area (Å²) in [5.74, 6) is 1.52. The molecule has 0 bridgehead atoms. The van der Waals surface area contributed by atoms with Crippen molar-refractivity contribution in [2.24, 2.45) is 5.92 Å². The number of hydrogen-bond acceptors (Lipinski definition) is 3. The molecular weight excluding hydrogens is 224 g/mol. The first-order valence-corrected chi connectivity index (χ1v) is 6.97. The van der Waals surface area contributed by atoms with Gasteiger partial charge in [-0.1, -0.05) is 6.92 Å². The summed E-state index contributed by atoms with van der Waals surface area (Å²) < 4.78 is 5.67. The molecule has 2 rings (SSSR count). The number of nitrogens with one attached hydrogen (secondary N) is 1. The quantitative estimate of drug-likeness (QED) is 0.805. The summed E-state index contributed by atoms with van der Waals surface area (Å²) in [5, 5.41) is 3.57. The SMILES string of the molecule is CC(CNC1CC1)Cc1cncc(OC(C)C)c1. The minimum Gasteiger partial charge on any atom is -0.489 e. The number of pyridine rings is 1. The third kappa shape index (κ3) is 4.65. The average molecular weight is 248 g/mol. The summed E-state index contributed by atoms with van der Waals surface area (Å²) >= 11 is 0. The molecule has 1 N–H and O–H groups in total. The van der Waals surface area contributed by atoms with Crippen LogP contribution in [0.2, 0.25) is 0 Å². The number of hydrogen-bond donors (Lipinski definition) is 1. The first-order chi connectivity index (χ1) is 8.63. The summed E-state index contributed by atoms with van der Waals surface area (Å²) in [7, 11) is 0. The zero-order valence-corrected chi connectivity index (χ0v) is 11.6. The highest BCUT2D eigenvalue weighted by Crippen LogP contribution is 2.20. The fourth-order valence-electron chi connectivity index (χ4n) is 2.04. The van der Waals surface area contributed by atoms with Crippen molar-refractivity contribution in [2.75, 3.05) is 6.54 Å². The Bertz CT molecular complexity index is 375. The summed E-state index contributed by atoms with van der Waals surface area (Å²) in [4.78, 5) is 4.25. The van der Waals surface area contributed by atoms with E-state index in [1.807, 2.05) is 20.0 Å². The van der Waals surface area contributed by atoms with Crippen molar-refractivity contribution in [1.82, 2.24) is 10.3 Å². The number of ether oxygens (including phenoxy) is 1. The predicted molar refractivity (Wildman–Crippen MR) is 73.9 cm³/mol. The zero-order chi connectivity index (χ0) is 13.0. The van der Waals surface area contributed by atoms with E-state index in [0.717, 1.165) is 24.8 Å². The molecule has 0 aliphatic heterocycles. The van der Waals surface area contributed by atoms with E-state index >= 15 is 0 Å². The van der Waals surface area contributed by atoms with E-state index < -0.39 is 0 Å². The molecule has 1 aromatic rings. The molecular formula is C15H24N2O. The van der Waals surface area contributed by atoms with Gasteiger partial charge in [-0.25, -0.2) is 0 Å². The first-order valence-electron chi connectivity index (χ1n) is 6.97. The molecule has 100 valence electrons. The third-order valence-corrected chi connectivity index (χ3v) is 3.06. The summed E-state index contributed by atoms with van der Waals surface area (Å²) in [6.07, 6.45) is 7.70. The Balaban J connectivity index is 1.83. The second-order valence-corrected chi connectivity index (χ2v) is 5.69. The highest BCUT2D eigenvalue weighted by atomic mass is 16.5. The second kappa shape index (κ2) is 6.19. The Hall–Kier alpha value is -1.09. The van der Waals surface area contributed by atoms with Crippen molar-refractivity contribution in [3.63, 3.8) is 0 Å². The van der Waals surface area contributed by atoms with Crippen LogP contribution in [0.15, 0.2) is 18.5 Å². The van der Waals surface area contributed by atoms with Crippen molar-refractivity contribution < 1.29 is 4.74 Å². The van der Waals surface area contributed by atoms with E-state index in [1.165, 1.54) is 18.4 Å². The Morgan fingerprint density at radius 2 is 2.11 bits per heavy atom. The van der Waals surface area contributed by atoms with Gasteiger partial charge in [0.25, 0.3) is 0 Å². The Morgan fingerprint density at radius 1 is 1.33 bits per heavy atom. The van der Waals surface area contributed by atoms with Gasteiger partial charge in [-0.05, 0) is 57.2 Å². The van der Waals surface area contributed by atoms with Crippen LogP contribution in [-0.4, -0.2) is 23.7 Å². The van der Waals surface area contributed by atoms with E-state index in [-0.39, 0.29) is 6.10 Å². The Kier molecular flexibility index (Phi) is 4.59. The van der Waals surface area contributed by atoms with Gasteiger partial charge in [-0.15, -0.1) is 0 Å².